The van der Waals surface area contributed by atoms with Crippen LogP contribution in [0.5, 0.6) is 0 Å². The van der Waals surface area contributed by atoms with Gasteiger partial charge in [0, 0.05) is 12.2 Å². The van der Waals surface area contributed by atoms with Crippen LogP contribution >= 0.6 is 0 Å². The smallest absolute Gasteiger partial charge is 0.308 e. The molecule has 0 aromatic carbocycles. The number of pyridine rings is 1. The lowest BCUT2D eigenvalue weighted by Gasteiger charge is -2.08. The zero-order chi connectivity index (χ0) is 12.1. The van der Waals surface area contributed by atoms with Crippen molar-refractivity contribution in [1.82, 2.24) is 10.3 Å². The third-order valence-corrected chi connectivity index (χ3v) is 2.11. The number of hydrogen-bond donors (Lipinski definition) is 2. The number of carbonyl (C=O) groups is 2. The number of aliphatic carboxylic acids is 1. The number of hydrogen-bond acceptors (Lipinski definition) is 3. The topological polar surface area (TPSA) is 79.3 Å². The standard InChI is InChI=1S/C11H14N2O3/c1-7(11(15)16)6-12-10(14)9-5-3-4-8(2)13-9/h3-5,7H,6H2,1-2H3,(H,12,14)(H,15,16)/t7-/m1/s1. The number of aryl methyl sites for hydroxylation is 1. The SMILES string of the molecule is Cc1cccc(C(=O)NC[C@@H](C)C(=O)O)n1. The first-order valence-corrected chi connectivity index (χ1v) is 4.95. The van der Waals surface area contributed by atoms with Gasteiger partial charge >= 0.3 is 5.97 Å². The average Bonchev–Trinajstić information content (AvgIpc) is 2.25. The van der Waals surface area contributed by atoms with Crippen LogP contribution in [0.2, 0.25) is 0 Å². The minimum atomic E-state index is -0.933. The minimum Gasteiger partial charge on any atom is -0.481 e. The van der Waals surface area contributed by atoms with Crippen LogP contribution in [0.25, 0.3) is 0 Å². The van der Waals surface area contributed by atoms with E-state index in [9.17, 15) is 9.59 Å². The van der Waals surface area contributed by atoms with Crippen LogP contribution < -0.4 is 5.32 Å². The Morgan fingerprint density at radius 3 is 2.75 bits per heavy atom. The zero-order valence-electron chi connectivity index (χ0n) is 9.23. The molecule has 1 aromatic rings. The van der Waals surface area contributed by atoms with Crippen molar-refractivity contribution in [3.8, 4) is 0 Å². The molecular weight excluding hydrogens is 208 g/mol. The minimum absolute atomic E-state index is 0.101. The van der Waals surface area contributed by atoms with Gasteiger partial charge in [-0.05, 0) is 19.1 Å². The highest BCUT2D eigenvalue weighted by atomic mass is 16.4. The second-order valence-electron chi connectivity index (χ2n) is 3.61. The van der Waals surface area contributed by atoms with Crippen LogP contribution in [0.15, 0.2) is 18.2 Å². The zero-order valence-corrected chi connectivity index (χ0v) is 9.23. The largest absolute Gasteiger partial charge is 0.481 e. The summed E-state index contributed by atoms with van der Waals surface area (Å²) in [5.74, 6) is -1.89. The normalized spacial score (nSPS) is 11.9. The number of nitrogens with one attached hydrogen (secondary N) is 1. The van der Waals surface area contributed by atoms with Gasteiger partial charge in [0.2, 0.25) is 0 Å². The van der Waals surface area contributed by atoms with Gasteiger partial charge in [-0.25, -0.2) is 4.98 Å². The first-order chi connectivity index (χ1) is 7.50. The quantitative estimate of drug-likeness (QED) is 0.791. The highest BCUT2D eigenvalue weighted by molar-refractivity contribution is 5.92. The molecule has 1 amide bonds. The molecule has 0 saturated carbocycles. The molecule has 0 radical (unpaired) electrons. The van der Waals surface area contributed by atoms with E-state index in [0.29, 0.717) is 5.69 Å². The summed E-state index contributed by atoms with van der Waals surface area (Å²) in [4.78, 5) is 26.1. The van der Waals surface area contributed by atoms with E-state index < -0.39 is 11.9 Å². The molecule has 0 unspecified atom stereocenters. The molecule has 1 rings (SSSR count). The Balaban J connectivity index is 2.56. The summed E-state index contributed by atoms with van der Waals surface area (Å²) in [7, 11) is 0. The maximum absolute atomic E-state index is 11.6. The molecule has 0 aliphatic heterocycles. The predicted octanol–water partition coefficient (Wildman–Crippen LogP) is 0.841. The van der Waals surface area contributed by atoms with Gasteiger partial charge in [0.1, 0.15) is 5.69 Å². The average molecular weight is 222 g/mol. The van der Waals surface area contributed by atoms with Crippen molar-refractivity contribution in [3.05, 3.63) is 29.6 Å². The van der Waals surface area contributed by atoms with Crippen LogP contribution in [0.1, 0.15) is 23.1 Å². The van der Waals surface area contributed by atoms with E-state index in [1.165, 1.54) is 6.92 Å². The Morgan fingerprint density at radius 1 is 1.50 bits per heavy atom. The van der Waals surface area contributed by atoms with Crippen molar-refractivity contribution >= 4 is 11.9 Å². The molecule has 0 aliphatic rings. The molecule has 5 heteroatoms. The van der Waals surface area contributed by atoms with Crippen LogP contribution in [0.4, 0.5) is 0 Å². The fourth-order valence-electron chi connectivity index (χ4n) is 1.09. The first-order valence-electron chi connectivity index (χ1n) is 4.95. The summed E-state index contributed by atoms with van der Waals surface area (Å²) in [6.45, 7) is 3.42. The monoisotopic (exact) mass is 222 g/mol. The molecule has 5 nitrogen and oxygen atoms in total. The Hall–Kier alpha value is -1.91. The molecule has 0 spiro atoms. The van der Waals surface area contributed by atoms with Crippen molar-refractivity contribution in [1.29, 1.82) is 0 Å². The van der Waals surface area contributed by atoms with Crippen molar-refractivity contribution in [3.63, 3.8) is 0 Å². The highest BCUT2D eigenvalue weighted by Gasteiger charge is 2.13. The number of rotatable bonds is 4. The Bertz CT molecular complexity index is 404. The van der Waals surface area contributed by atoms with E-state index in [4.69, 9.17) is 5.11 Å². The van der Waals surface area contributed by atoms with Crippen molar-refractivity contribution in [2.75, 3.05) is 6.54 Å². The maximum atomic E-state index is 11.6. The van der Waals surface area contributed by atoms with Gasteiger partial charge < -0.3 is 10.4 Å². The van der Waals surface area contributed by atoms with Gasteiger partial charge in [0.15, 0.2) is 0 Å². The van der Waals surface area contributed by atoms with Crippen LogP contribution in [0.3, 0.4) is 0 Å². The van der Waals surface area contributed by atoms with Crippen LogP contribution in [-0.4, -0.2) is 28.5 Å². The highest BCUT2D eigenvalue weighted by Crippen LogP contribution is 1.99. The van der Waals surface area contributed by atoms with E-state index >= 15 is 0 Å². The summed E-state index contributed by atoms with van der Waals surface area (Å²) < 4.78 is 0. The second kappa shape index (κ2) is 5.25. The molecule has 1 heterocycles. The molecule has 1 aromatic heterocycles. The third kappa shape index (κ3) is 3.34. The number of carboxylic acids is 1. The van der Waals surface area contributed by atoms with Gasteiger partial charge in [-0.3, -0.25) is 9.59 Å². The molecule has 0 fully saturated rings. The lowest BCUT2D eigenvalue weighted by Crippen LogP contribution is -2.32. The number of amides is 1. The first kappa shape index (κ1) is 12.2. The maximum Gasteiger partial charge on any atom is 0.308 e. The number of aromatic nitrogens is 1. The molecule has 0 aliphatic carbocycles. The van der Waals surface area contributed by atoms with Crippen LogP contribution in [-0.2, 0) is 4.79 Å². The molecule has 1 atom stereocenters. The predicted molar refractivity (Wildman–Crippen MR) is 58.1 cm³/mol. The fourth-order valence-corrected chi connectivity index (χ4v) is 1.09. The molecule has 0 saturated heterocycles. The second-order valence-corrected chi connectivity index (χ2v) is 3.61. The Morgan fingerprint density at radius 2 is 2.19 bits per heavy atom. The van der Waals surface area contributed by atoms with Crippen molar-refractivity contribution in [2.24, 2.45) is 5.92 Å². The summed E-state index contributed by atoms with van der Waals surface area (Å²) in [5, 5.41) is 11.2. The van der Waals surface area contributed by atoms with Crippen molar-refractivity contribution in [2.45, 2.75) is 13.8 Å². The number of carboxylic acid groups (broad SMARTS) is 1. The molecule has 0 bridgehead atoms. The van der Waals surface area contributed by atoms with E-state index in [1.54, 1.807) is 25.1 Å². The lowest BCUT2D eigenvalue weighted by molar-refractivity contribution is -0.140. The van der Waals surface area contributed by atoms with Crippen molar-refractivity contribution < 1.29 is 14.7 Å². The number of nitrogens with zero attached hydrogens (tertiary/aromatic N) is 1. The molecule has 86 valence electrons. The van der Waals surface area contributed by atoms with E-state index in [1.807, 2.05) is 0 Å². The van der Waals surface area contributed by atoms with Gasteiger partial charge in [0.25, 0.3) is 5.91 Å². The van der Waals surface area contributed by atoms with Gasteiger partial charge in [0.05, 0.1) is 5.92 Å². The van der Waals surface area contributed by atoms with Gasteiger partial charge in [-0.1, -0.05) is 13.0 Å². The molecule has 2 N–H and O–H groups in total. The lowest BCUT2D eigenvalue weighted by atomic mass is 10.2. The molecule has 16 heavy (non-hydrogen) atoms. The van der Waals surface area contributed by atoms with Gasteiger partial charge in [-0.2, -0.15) is 0 Å². The van der Waals surface area contributed by atoms with Crippen LogP contribution in [0, 0.1) is 12.8 Å². The van der Waals surface area contributed by atoms with E-state index in [2.05, 4.69) is 10.3 Å². The Kier molecular flexibility index (Phi) is 3.99. The van der Waals surface area contributed by atoms with E-state index in [-0.39, 0.29) is 12.5 Å². The summed E-state index contributed by atoms with van der Waals surface area (Å²) in [5.41, 5.74) is 1.05. The summed E-state index contributed by atoms with van der Waals surface area (Å²) >= 11 is 0. The van der Waals surface area contributed by atoms with Gasteiger partial charge in [-0.15, -0.1) is 0 Å². The molecular formula is C11H14N2O3. The van der Waals surface area contributed by atoms with E-state index in [0.717, 1.165) is 5.69 Å². The Labute approximate surface area is 93.5 Å². The number of carbonyl (C=O) groups excluding carboxylic acids is 1. The summed E-state index contributed by atoms with van der Waals surface area (Å²) in [6.07, 6.45) is 0. The fraction of sp³-hybridized carbons (Fsp3) is 0.364. The summed E-state index contributed by atoms with van der Waals surface area (Å²) in [6, 6.07) is 5.11. The third-order valence-electron chi connectivity index (χ3n) is 2.11.